The lowest BCUT2D eigenvalue weighted by atomic mass is 10.1. The molecule has 2 amide bonds. The van der Waals surface area contributed by atoms with Crippen LogP contribution in [0.4, 0.5) is 16.2 Å². The molecule has 2 aliphatic carbocycles. The average Bonchev–Trinajstić information content (AvgIpc) is 3.22. The summed E-state index contributed by atoms with van der Waals surface area (Å²) in [7, 11) is 0. The summed E-state index contributed by atoms with van der Waals surface area (Å²) in [4.78, 5) is 11.9. The van der Waals surface area contributed by atoms with Crippen LogP contribution in [0.2, 0.25) is 0 Å². The van der Waals surface area contributed by atoms with Gasteiger partial charge in [0.25, 0.3) is 0 Å². The van der Waals surface area contributed by atoms with Crippen molar-refractivity contribution >= 4 is 17.4 Å². The molecule has 0 heterocycles. The predicted molar refractivity (Wildman–Crippen MR) is 72.2 cm³/mol. The Bertz CT molecular complexity index is 423. The van der Waals surface area contributed by atoms with Crippen molar-refractivity contribution in [3.05, 3.63) is 24.3 Å². The maximum atomic E-state index is 11.9. The molecule has 0 aliphatic heterocycles. The van der Waals surface area contributed by atoms with Crippen molar-refractivity contribution in [2.24, 2.45) is 11.8 Å². The molecular formula is C14H19N3O. The maximum Gasteiger partial charge on any atom is 0.319 e. The summed E-state index contributed by atoms with van der Waals surface area (Å²) in [5.41, 5.74) is 7.09. The van der Waals surface area contributed by atoms with E-state index in [9.17, 15) is 4.79 Å². The van der Waals surface area contributed by atoms with Crippen LogP contribution in [-0.2, 0) is 0 Å². The molecule has 4 nitrogen and oxygen atoms in total. The fourth-order valence-electron chi connectivity index (χ4n) is 2.42. The van der Waals surface area contributed by atoms with Gasteiger partial charge >= 0.3 is 6.03 Å². The number of nitrogen functional groups attached to an aromatic ring is 1. The Balaban J connectivity index is 1.55. The zero-order valence-electron chi connectivity index (χ0n) is 10.4. The second-order valence-electron chi connectivity index (χ2n) is 5.42. The first-order chi connectivity index (χ1) is 8.72. The van der Waals surface area contributed by atoms with E-state index in [1.54, 1.807) is 12.1 Å². The van der Waals surface area contributed by atoms with Crippen LogP contribution in [0.3, 0.4) is 0 Å². The molecule has 96 valence electrons. The maximum absolute atomic E-state index is 11.9. The van der Waals surface area contributed by atoms with Crippen molar-refractivity contribution < 1.29 is 4.79 Å². The van der Waals surface area contributed by atoms with Gasteiger partial charge in [0.1, 0.15) is 0 Å². The minimum atomic E-state index is -0.0939. The van der Waals surface area contributed by atoms with Crippen LogP contribution >= 0.6 is 0 Å². The van der Waals surface area contributed by atoms with E-state index < -0.39 is 0 Å². The number of urea groups is 1. The monoisotopic (exact) mass is 245 g/mol. The highest BCUT2D eigenvalue weighted by Crippen LogP contribution is 2.44. The summed E-state index contributed by atoms with van der Waals surface area (Å²) in [5, 5.41) is 5.98. The Morgan fingerprint density at radius 1 is 1.11 bits per heavy atom. The van der Waals surface area contributed by atoms with Crippen molar-refractivity contribution in [2.75, 3.05) is 11.1 Å². The van der Waals surface area contributed by atoms with Gasteiger partial charge in [0.2, 0.25) is 0 Å². The van der Waals surface area contributed by atoms with Gasteiger partial charge < -0.3 is 16.4 Å². The number of carbonyl (C=O) groups is 1. The number of amides is 2. The fraction of sp³-hybridized carbons (Fsp3) is 0.500. The molecule has 0 aromatic heterocycles. The van der Waals surface area contributed by atoms with Crippen molar-refractivity contribution in [2.45, 2.75) is 31.7 Å². The molecule has 4 heteroatoms. The number of carbonyl (C=O) groups excluding carboxylic acids is 1. The topological polar surface area (TPSA) is 67.1 Å². The SMILES string of the molecule is Nc1ccc(NC(=O)NC(C2CC2)C2CC2)cc1. The highest BCUT2D eigenvalue weighted by Gasteiger charge is 2.42. The van der Waals surface area contributed by atoms with Crippen LogP contribution in [0.5, 0.6) is 0 Å². The molecule has 18 heavy (non-hydrogen) atoms. The third-order valence-electron chi connectivity index (χ3n) is 3.73. The summed E-state index contributed by atoms with van der Waals surface area (Å²) in [6.45, 7) is 0. The third-order valence-corrected chi connectivity index (χ3v) is 3.73. The van der Waals surface area contributed by atoms with Crippen molar-refractivity contribution in [3.8, 4) is 0 Å². The first-order valence-electron chi connectivity index (χ1n) is 6.65. The van der Waals surface area contributed by atoms with Gasteiger partial charge in [-0.15, -0.1) is 0 Å². The van der Waals surface area contributed by atoms with E-state index in [2.05, 4.69) is 10.6 Å². The number of nitrogens with one attached hydrogen (secondary N) is 2. The van der Waals surface area contributed by atoms with Crippen LogP contribution < -0.4 is 16.4 Å². The van der Waals surface area contributed by atoms with Gasteiger partial charge in [0, 0.05) is 17.4 Å². The molecule has 0 atom stereocenters. The summed E-state index contributed by atoms with van der Waals surface area (Å²) in [6, 6.07) is 7.50. The summed E-state index contributed by atoms with van der Waals surface area (Å²) in [5.74, 6) is 1.43. The lowest BCUT2D eigenvalue weighted by molar-refractivity contribution is 0.245. The second-order valence-corrected chi connectivity index (χ2v) is 5.42. The van der Waals surface area contributed by atoms with E-state index in [0.29, 0.717) is 11.7 Å². The minimum Gasteiger partial charge on any atom is -0.399 e. The molecule has 0 unspecified atom stereocenters. The average molecular weight is 245 g/mol. The van der Waals surface area contributed by atoms with Gasteiger partial charge in [-0.25, -0.2) is 4.79 Å². The van der Waals surface area contributed by atoms with Crippen molar-refractivity contribution in [1.29, 1.82) is 0 Å². The first kappa shape index (κ1) is 11.4. The number of nitrogens with two attached hydrogens (primary N) is 1. The van der Waals surface area contributed by atoms with Gasteiger partial charge in [0.05, 0.1) is 0 Å². The number of hydrogen-bond donors (Lipinski definition) is 3. The predicted octanol–water partition coefficient (Wildman–Crippen LogP) is 2.58. The Morgan fingerprint density at radius 2 is 1.67 bits per heavy atom. The minimum absolute atomic E-state index is 0.0939. The molecule has 0 bridgehead atoms. The van der Waals surface area contributed by atoms with Crippen LogP contribution in [0.1, 0.15) is 25.7 Å². The van der Waals surface area contributed by atoms with E-state index in [1.807, 2.05) is 12.1 Å². The molecule has 4 N–H and O–H groups in total. The largest absolute Gasteiger partial charge is 0.399 e. The molecule has 2 aliphatic rings. The molecular weight excluding hydrogens is 226 g/mol. The number of hydrogen-bond acceptors (Lipinski definition) is 2. The van der Waals surface area contributed by atoms with Gasteiger partial charge in [-0.1, -0.05) is 0 Å². The Morgan fingerprint density at radius 3 is 2.17 bits per heavy atom. The first-order valence-corrected chi connectivity index (χ1v) is 6.65. The quantitative estimate of drug-likeness (QED) is 0.714. The highest BCUT2D eigenvalue weighted by molar-refractivity contribution is 5.89. The lowest BCUT2D eigenvalue weighted by Crippen LogP contribution is -2.40. The van der Waals surface area contributed by atoms with E-state index in [4.69, 9.17) is 5.73 Å². The lowest BCUT2D eigenvalue weighted by Gasteiger charge is -2.18. The van der Waals surface area contributed by atoms with Crippen LogP contribution in [-0.4, -0.2) is 12.1 Å². The van der Waals surface area contributed by atoms with Gasteiger partial charge in [-0.3, -0.25) is 0 Å². The number of rotatable bonds is 4. The fourth-order valence-corrected chi connectivity index (χ4v) is 2.42. The number of anilines is 2. The summed E-state index contributed by atoms with van der Waals surface area (Å²) in [6.07, 6.45) is 5.07. The van der Waals surface area contributed by atoms with Crippen molar-refractivity contribution in [3.63, 3.8) is 0 Å². The van der Waals surface area contributed by atoms with Gasteiger partial charge in [-0.05, 0) is 61.8 Å². The van der Waals surface area contributed by atoms with Gasteiger partial charge in [-0.2, -0.15) is 0 Å². The van der Waals surface area contributed by atoms with E-state index >= 15 is 0 Å². The molecule has 0 saturated heterocycles. The third kappa shape index (κ3) is 2.75. The molecule has 1 aromatic rings. The Hall–Kier alpha value is -1.71. The molecule has 3 rings (SSSR count). The molecule has 0 spiro atoms. The van der Waals surface area contributed by atoms with E-state index in [0.717, 1.165) is 17.5 Å². The smallest absolute Gasteiger partial charge is 0.319 e. The normalized spacial score (nSPS) is 18.7. The van der Waals surface area contributed by atoms with Crippen LogP contribution in [0.25, 0.3) is 0 Å². The molecule has 0 radical (unpaired) electrons. The zero-order chi connectivity index (χ0) is 12.5. The molecule has 2 saturated carbocycles. The highest BCUT2D eigenvalue weighted by atomic mass is 16.2. The standard InChI is InChI=1S/C14H19N3O/c15-11-5-7-12(8-6-11)16-14(18)17-13(9-1-2-9)10-3-4-10/h5-10,13H,1-4,15H2,(H2,16,17,18). The molecule has 2 fully saturated rings. The molecule has 1 aromatic carbocycles. The summed E-state index contributed by atoms with van der Waals surface area (Å²) >= 11 is 0. The second kappa shape index (κ2) is 4.52. The van der Waals surface area contributed by atoms with Gasteiger partial charge in [0.15, 0.2) is 0 Å². The Labute approximate surface area is 107 Å². The summed E-state index contributed by atoms with van der Waals surface area (Å²) < 4.78 is 0. The number of benzene rings is 1. The van der Waals surface area contributed by atoms with E-state index in [1.165, 1.54) is 25.7 Å². The van der Waals surface area contributed by atoms with E-state index in [-0.39, 0.29) is 6.03 Å². The Kier molecular flexibility index (Phi) is 2.86. The van der Waals surface area contributed by atoms with Crippen LogP contribution in [0, 0.1) is 11.8 Å². The zero-order valence-corrected chi connectivity index (χ0v) is 10.4. The van der Waals surface area contributed by atoms with Crippen LogP contribution in [0.15, 0.2) is 24.3 Å². The van der Waals surface area contributed by atoms with Crippen molar-refractivity contribution in [1.82, 2.24) is 5.32 Å².